The third kappa shape index (κ3) is 3.48. The Morgan fingerprint density at radius 2 is 2.08 bits per heavy atom. The van der Waals surface area contributed by atoms with Gasteiger partial charge in [0.15, 0.2) is 0 Å². The average Bonchev–Trinajstić information content (AvgIpc) is 3.05. The van der Waals surface area contributed by atoms with Crippen LogP contribution in [0.4, 0.5) is 0 Å². The predicted molar refractivity (Wildman–Crippen MR) is 93.9 cm³/mol. The van der Waals surface area contributed by atoms with Crippen molar-refractivity contribution < 1.29 is 9.59 Å². The third-order valence-electron chi connectivity index (χ3n) is 3.85. The topological polar surface area (TPSA) is 62.3 Å². The molecule has 0 saturated heterocycles. The van der Waals surface area contributed by atoms with Crippen molar-refractivity contribution >= 4 is 23.2 Å². The molecule has 1 N–H and O–H groups in total. The molecule has 3 rings (SSSR count). The van der Waals surface area contributed by atoms with Gasteiger partial charge in [-0.2, -0.15) is 0 Å². The summed E-state index contributed by atoms with van der Waals surface area (Å²) in [5.41, 5.74) is 1.38. The summed E-state index contributed by atoms with van der Waals surface area (Å²) < 4.78 is 0. The van der Waals surface area contributed by atoms with Crippen LogP contribution in [0.25, 0.3) is 0 Å². The molecule has 5 nitrogen and oxygen atoms in total. The Morgan fingerprint density at radius 3 is 2.75 bits per heavy atom. The van der Waals surface area contributed by atoms with Crippen molar-refractivity contribution in [3.8, 4) is 0 Å². The van der Waals surface area contributed by atoms with Gasteiger partial charge in [0.2, 0.25) is 5.91 Å². The number of carbonyl (C=O) groups is 2. The molecule has 0 fully saturated rings. The van der Waals surface area contributed by atoms with Crippen molar-refractivity contribution in [2.45, 2.75) is 38.8 Å². The molecule has 126 valence electrons. The first kappa shape index (κ1) is 16.6. The number of rotatable bonds is 2. The van der Waals surface area contributed by atoms with Crippen LogP contribution in [0.5, 0.6) is 0 Å². The van der Waals surface area contributed by atoms with E-state index in [-0.39, 0.29) is 17.4 Å². The molecule has 2 amide bonds. The molecular formula is C18H21N3O2S. The number of hydrogen-bond acceptors (Lipinski definition) is 4. The lowest BCUT2D eigenvalue weighted by Gasteiger charge is -2.34. The molecule has 1 aliphatic heterocycles. The van der Waals surface area contributed by atoms with E-state index in [9.17, 15) is 9.59 Å². The molecule has 1 unspecified atom stereocenters. The van der Waals surface area contributed by atoms with E-state index in [4.69, 9.17) is 0 Å². The van der Waals surface area contributed by atoms with Gasteiger partial charge < -0.3 is 10.2 Å². The fraction of sp³-hybridized carbons (Fsp3) is 0.389. The summed E-state index contributed by atoms with van der Waals surface area (Å²) in [6.07, 6.45) is 1.70. The monoisotopic (exact) mass is 343 g/mol. The number of amides is 2. The molecule has 2 aromatic heterocycles. The van der Waals surface area contributed by atoms with E-state index < -0.39 is 5.92 Å². The molecule has 0 aliphatic carbocycles. The molecule has 0 aromatic carbocycles. The van der Waals surface area contributed by atoms with Crippen LogP contribution in [0.15, 0.2) is 35.8 Å². The normalized spacial score (nSPS) is 17.3. The van der Waals surface area contributed by atoms with Crippen LogP contribution in [0, 0.1) is 0 Å². The van der Waals surface area contributed by atoms with Crippen molar-refractivity contribution in [2.75, 3.05) is 6.54 Å². The van der Waals surface area contributed by atoms with E-state index in [1.54, 1.807) is 11.1 Å². The van der Waals surface area contributed by atoms with E-state index in [0.717, 1.165) is 11.3 Å². The highest BCUT2D eigenvalue weighted by molar-refractivity contribution is 7.12. The minimum Gasteiger partial charge on any atom is -0.351 e. The van der Waals surface area contributed by atoms with Gasteiger partial charge in [-0.1, -0.05) is 12.1 Å². The maximum atomic E-state index is 12.7. The molecule has 3 heterocycles. The number of thiophene rings is 1. The summed E-state index contributed by atoms with van der Waals surface area (Å²) in [6, 6.07) is 7.46. The van der Waals surface area contributed by atoms with Crippen LogP contribution >= 0.6 is 11.3 Å². The molecule has 0 bridgehead atoms. The number of fused-ring (bicyclic) bond motifs is 1. The number of nitrogens with one attached hydrogen (secondary N) is 1. The van der Waals surface area contributed by atoms with Gasteiger partial charge in [0.1, 0.15) is 0 Å². The predicted octanol–water partition coefficient (Wildman–Crippen LogP) is 2.80. The summed E-state index contributed by atoms with van der Waals surface area (Å²) in [5.74, 6) is -0.572. The van der Waals surface area contributed by atoms with Crippen LogP contribution in [0.1, 0.15) is 47.6 Å². The second-order valence-electron chi connectivity index (χ2n) is 7.00. The zero-order chi connectivity index (χ0) is 17.3. The fourth-order valence-corrected chi connectivity index (χ4v) is 3.54. The van der Waals surface area contributed by atoms with Gasteiger partial charge in [-0.3, -0.25) is 14.6 Å². The minimum absolute atomic E-state index is 0.0342. The Bertz CT molecular complexity index is 750. The fourth-order valence-electron chi connectivity index (χ4n) is 2.85. The zero-order valence-corrected chi connectivity index (χ0v) is 14.9. The van der Waals surface area contributed by atoms with Crippen LogP contribution in [-0.2, 0) is 11.3 Å². The molecule has 1 aliphatic rings. The second kappa shape index (κ2) is 6.36. The third-order valence-corrected chi connectivity index (χ3v) is 4.71. The smallest absolute Gasteiger partial charge is 0.264 e. The van der Waals surface area contributed by atoms with Gasteiger partial charge in [0.05, 0.1) is 16.5 Å². The highest BCUT2D eigenvalue weighted by Crippen LogP contribution is 2.29. The minimum atomic E-state index is -0.446. The van der Waals surface area contributed by atoms with Crippen molar-refractivity contribution in [1.82, 2.24) is 15.2 Å². The van der Waals surface area contributed by atoms with Gasteiger partial charge in [-0.25, -0.2) is 0 Å². The number of nitrogens with zero attached hydrogens (tertiary/aromatic N) is 2. The lowest BCUT2D eigenvalue weighted by molar-refractivity contribution is -0.124. The zero-order valence-electron chi connectivity index (χ0n) is 14.1. The Kier molecular flexibility index (Phi) is 4.41. The van der Waals surface area contributed by atoms with E-state index in [2.05, 4.69) is 10.3 Å². The van der Waals surface area contributed by atoms with E-state index in [1.165, 1.54) is 11.3 Å². The Labute approximate surface area is 145 Å². The van der Waals surface area contributed by atoms with Gasteiger partial charge in [-0.05, 0) is 43.8 Å². The van der Waals surface area contributed by atoms with Crippen LogP contribution in [0.3, 0.4) is 0 Å². The van der Waals surface area contributed by atoms with Crippen LogP contribution in [-0.4, -0.2) is 33.8 Å². The van der Waals surface area contributed by atoms with Gasteiger partial charge >= 0.3 is 0 Å². The van der Waals surface area contributed by atoms with Crippen molar-refractivity contribution in [3.05, 3.63) is 52.0 Å². The summed E-state index contributed by atoms with van der Waals surface area (Å²) >= 11 is 1.42. The number of carbonyl (C=O) groups excluding carboxylic acids is 2. The highest BCUT2D eigenvalue weighted by atomic mass is 32.1. The van der Waals surface area contributed by atoms with E-state index in [0.29, 0.717) is 18.0 Å². The van der Waals surface area contributed by atoms with Gasteiger partial charge in [0.25, 0.3) is 5.91 Å². The summed E-state index contributed by atoms with van der Waals surface area (Å²) in [4.78, 5) is 32.3. The Hall–Kier alpha value is -2.21. The molecule has 0 saturated carbocycles. The summed E-state index contributed by atoms with van der Waals surface area (Å²) in [7, 11) is 0. The molecule has 1 atom stereocenters. The maximum absolute atomic E-state index is 12.7. The standard InChI is InChI=1S/C18H21N3O2S/c1-18(2,3)20-16(22)13-11-21(17(23)14-7-5-9-24-14)10-12-6-4-8-19-15(12)13/h4-9,13H,10-11H2,1-3H3,(H,20,22). The molecular weight excluding hydrogens is 322 g/mol. The first-order valence-electron chi connectivity index (χ1n) is 7.94. The number of pyridine rings is 1. The highest BCUT2D eigenvalue weighted by Gasteiger charge is 2.35. The summed E-state index contributed by atoms with van der Waals surface area (Å²) in [5, 5.41) is 4.90. The number of aromatic nitrogens is 1. The second-order valence-corrected chi connectivity index (χ2v) is 7.95. The first-order chi connectivity index (χ1) is 11.3. The lowest BCUT2D eigenvalue weighted by atomic mass is 9.92. The lowest BCUT2D eigenvalue weighted by Crippen LogP contribution is -2.48. The van der Waals surface area contributed by atoms with Crippen LogP contribution < -0.4 is 5.32 Å². The average molecular weight is 343 g/mol. The number of hydrogen-bond donors (Lipinski definition) is 1. The first-order valence-corrected chi connectivity index (χ1v) is 8.82. The molecule has 2 aromatic rings. The van der Waals surface area contributed by atoms with Crippen molar-refractivity contribution in [3.63, 3.8) is 0 Å². The largest absolute Gasteiger partial charge is 0.351 e. The Balaban J connectivity index is 1.90. The maximum Gasteiger partial charge on any atom is 0.264 e. The SMILES string of the molecule is CC(C)(C)NC(=O)C1CN(C(=O)c2cccs2)Cc2cccnc21. The van der Waals surface area contributed by atoms with E-state index >= 15 is 0 Å². The van der Waals surface area contributed by atoms with Crippen molar-refractivity contribution in [1.29, 1.82) is 0 Å². The van der Waals surface area contributed by atoms with Crippen molar-refractivity contribution in [2.24, 2.45) is 0 Å². The Morgan fingerprint density at radius 1 is 1.29 bits per heavy atom. The van der Waals surface area contributed by atoms with Gasteiger partial charge in [-0.15, -0.1) is 11.3 Å². The van der Waals surface area contributed by atoms with E-state index in [1.807, 2.05) is 50.4 Å². The van der Waals surface area contributed by atoms with Crippen LogP contribution in [0.2, 0.25) is 0 Å². The summed E-state index contributed by atoms with van der Waals surface area (Å²) in [6.45, 7) is 6.67. The van der Waals surface area contributed by atoms with Gasteiger partial charge in [0, 0.05) is 24.8 Å². The molecule has 24 heavy (non-hydrogen) atoms. The molecule has 6 heteroatoms. The molecule has 0 radical (unpaired) electrons. The molecule has 0 spiro atoms. The quantitative estimate of drug-likeness (QED) is 0.912.